The van der Waals surface area contributed by atoms with E-state index in [1.165, 1.54) is 36.4 Å². The number of ether oxygens (including phenoxy) is 2. The second kappa shape index (κ2) is 8.32. The number of hydrogen-bond acceptors (Lipinski definition) is 5. The van der Waals surface area contributed by atoms with Crippen molar-refractivity contribution >= 4 is 11.7 Å². The van der Waals surface area contributed by atoms with Gasteiger partial charge in [-0.05, 0) is 12.1 Å². The molecule has 1 fully saturated rings. The zero-order valence-corrected chi connectivity index (χ0v) is 15.1. The highest BCUT2D eigenvalue weighted by Gasteiger charge is 2.34. The first-order chi connectivity index (χ1) is 13.4. The van der Waals surface area contributed by atoms with Gasteiger partial charge < -0.3 is 19.7 Å². The standard InChI is InChI=1S/C18H19F3N4O3/c1-27-16-22-9-6-15(24-16)28-12-7-10-25(11-8-12)17(26)23-14-5-3-2-4-13(14)18(19,20)21/h2-6,9,12H,7-8,10-11H2,1H3,(H,23,26). The molecule has 10 heteroatoms. The van der Waals surface area contributed by atoms with Gasteiger partial charge in [0.05, 0.1) is 18.4 Å². The number of nitrogens with zero attached hydrogens (tertiary/aromatic N) is 3. The van der Waals surface area contributed by atoms with Crippen LogP contribution < -0.4 is 14.8 Å². The van der Waals surface area contributed by atoms with Crippen LogP contribution >= 0.6 is 0 Å². The molecule has 1 aromatic heterocycles. The van der Waals surface area contributed by atoms with Gasteiger partial charge in [-0.25, -0.2) is 9.78 Å². The third-order valence-corrected chi connectivity index (χ3v) is 4.28. The lowest BCUT2D eigenvalue weighted by Crippen LogP contribution is -2.44. The molecule has 150 valence electrons. The number of piperidine rings is 1. The lowest BCUT2D eigenvalue weighted by Gasteiger charge is -2.32. The first-order valence-electron chi connectivity index (χ1n) is 8.62. The van der Waals surface area contributed by atoms with Crippen molar-refractivity contribution in [3.05, 3.63) is 42.1 Å². The number of benzene rings is 1. The maximum Gasteiger partial charge on any atom is 0.418 e. The average Bonchev–Trinajstić information content (AvgIpc) is 2.68. The van der Waals surface area contributed by atoms with Gasteiger partial charge in [0.2, 0.25) is 5.88 Å². The summed E-state index contributed by atoms with van der Waals surface area (Å²) in [6.45, 7) is 0.708. The van der Waals surface area contributed by atoms with E-state index in [0.717, 1.165) is 6.07 Å². The molecule has 0 bridgehead atoms. The number of urea groups is 1. The number of alkyl halides is 3. The van der Waals surface area contributed by atoms with Crippen molar-refractivity contribution in [3.8, 4) is 11.9 Å². The van der Waals surface area contributed by atoms with Crippen molar-refractivity contribution < 1.29 is 27.4 Å². The summed E-state index contributed by atoms with van der Waals surface area (Å²) >= 11 is 0. The molecule has 1 aliphatic rings. The van der Waals surface area contributed by atoms with Crippen LogP contribution in [0.15, 0.2) is 36.5 Å². The Kier molecular flexibility index (Phi) is 5.86. The predicted molar refractivity (Wildman–Crippen MR) is 94.3 cm³/mol. The molecule has 1 saturated heterocycles. The van der Waals surface area contributed by atoms with Crippen molar-refractivity contribution in [2.45, 2.75) is 25.1 Å². The van der Waals surface area contributed by atoms with Crippen LogP contribution in [-0.4, -0.2) is 47.2 Å². The summed E-state index contributed by atoms with van der Waals surface area (Å²) in [5.41, 5.74) is -1.13. The van der Waals surface area contributed by atoms with Gasteiger partial charge in [-0.1, -0.05) is 12.1 Å². The van der Waals surface area contributed by atoms with Crippen LogP contribution in [0.3, 0.4) is 0 Å². The van der Waals surface area contributed by atoms with Gasteiger partial charge in [-0.3, -0.25) is 0 Å². The Balaban J connectivity index is 1.56. The van der Waals surface area contributed by atoms with E-state index in [1.807, 2.05) is 0 Å². The molecular formula is C18H19F3N4O3. The summed E-state index contributed by atoms with van der Waals surface area (Å²) in [5, 5.41) is 2.36. The SMILES string of the molecule is COc1nccc(OC2CCN(C(=O)Nc3ccccc3C(F)(F)F)CC2)n1. The zero-order valence-electron chi connectivity index (χ0n) is 15.1. The number of nitrogens with one attached hydrogen (secondary N) is 1. The molecule has 0 saturated carbocycles. The summed E-state index contributed by atoms with van der Waals surface area (Å²) in [7, 11) is 1.45. The van der Waals surface area contributed by atoms with Crippen molar-refractivity contribution in [1.82, 2.24) is 14.9 Å². The Morgan fingerprint density at radius 1 is 1.21 bits per heavy atom. The van der Waals surface area contributed by atoms with Gasteiger partial charge in [0.25, 0.3) is 0 Å². The predicted octanol–water partition coefficient (Wildman–Crippen LogP) is 3.58. The van der Waals surface area contributed by atoms with E-state index < -0.39 is 17.8 Å². The molecule has 0 atom stereocenters. The van der Waals surface area contributed by atoms with Crippen LogP contribution in [0.4, 0.5) is 23.7 Å². The van der Waals surface area contributed by atoms with Crippen molar-refractivity contribution in [2.75, 3.05) is 25.5 Å². The van der Waals surface area contributed by atoms with Gasteiger partial charge in [0.1, 0.15) is 6.10 Å². The van der Waals surface area contributed by atoms with Crippen molar-refractivity contribution in [1.29, 1.82) is 0 Å². The van der Waals surface area contributed by atoms with Crippen molar-refractivity contribution in [3.63, 3.8) is 0 Å². The number of methoxy groups -OCH3 is 1. The maximum absolute atomic E-state index is 13.1. The molecule has 2 amide bonds. The number of rotatable bonds is 4. The van der Waals surface area contributed by atoms with Crippen LogP contribution in [0.2, 0.25) is 0 Å². The Morgan fingerprint density at radius 3 is 2.61 bits per heavy atom. The number of aromatic nitrogens is 2. The van der Waals surface area contributed by atoms with E-state index in [1.54, 1.807) is 6.07 Å². The number of carbonyl (C=O) groups excluding carboxylic acids is 1. The third-order valence-electron chi connectivity index (χ3n) is 4.28. The highest BCUT2D eigenvalue weighted by Crippen LogP contribution is 2.34. The average molecular weight is 396 g/mol. The van der Waals surface area contributed by atoms with Crippen LogP contribution in [-0.2, 0) is 6.18 Å². The van der Waals surface area contributed by atoms with Crippen LogP contribution in [0.25, 0.3) is 0 Å². The second-order valence-corrected chi connectivity index (χ2v) is 6.16. The van der Waals surface area contributed by atoms with Gasteiger partial charge in [0.15, 0.2) is 0 Å². The number of hydrogen-bond donors (Lipinski definition) is 1. The third kappa shape index (κ3) is 4.81. The molecule has 3 rings (SSSR count). The van der Waals surface area contributed by atoms with Crippen LogP contribution in [0, 0.1) is 0 Å². The zero-order chi connectivity index (χ0) is 20.1. The molecule has 7 nitrogen and oxygen atoms in total. The molecule has 2 aromatic rings. The van der Waals surface area contributed by atoms with E-state index in [2.05, 4.69) is 15.3 Å². The molecule has 0 unspecified atom stereocenters. The number of anilines is 1. The van der Waals surface area contributed by atoms with E-state index in [-0.39, 0.29) is 17.8 Å². The molecule has 0 radical (unpaired) electrons. The summed E-state index contributed by atoms with van der Waals surface area (Å²) in [5.74, 6) is 0.369. The molecule has 0 aliphatic carbocycles. The molecule has 2 heterocycles. The summed E-state index contributed by atoms with van der Waals surface area (Å²) in [6, 6.07) is 6.13. The Labute approximate surface area is 159 Å². The van der Waals surface area contributed by atoms with Crippen molar-refractivity contribution in [2.24, 2.45) is 0 Å². The summed E-state index contributed by atoms with van der Waals surface area (Å²) < 4.78 is 49.9. The van der Waals surface area contributed by atoms with E-state index in [4.69, 9.17) is 9.47 Å². The Bertz CT molecular complexity index is 824. The topological polar surface area (TPSA) is 76.6 Å². The molecular weight excluding hydrogens is 377 g/mol. The van der Waals surface area contributed by atoms with Gasteiger partial charge >= 0.3 is 18.2 Å². The van der Waals surface area contributed by atoms with E-state index in [0.29, 0.717) is 31.8 Å². The normalized spacial score (nSPS) is 15.2. The molecule has 0 spiro atoms. The fraction of sp³-hybridized carbons (Fsp3) is 0.389. The monoisotopic (exact) mass is 396 g/mol. The highest BCUT2D eigenvalue weighted by atomic mass is 19.4. The number of para-hydroxylation sites is 1. The first-order valence-corrected chi connectivity index (χ1v) is 8.62. The Morgan fingerprint density at radius 2 is 1.93 bits per heavy atom. The molecule has 1 aromatic carbocycles. The molecule has 28 heavy (non-hydrogen) atoms. The second-order valence-electron chi connectivity index (χ2n) is 6.16. The maximum atomic E-state index is 13.1. The van der Waals surface area contributed by atoms with Crippen LogP contribution in [0.5, 0.6) is 11.9 Å². The van der Waals surface area contributed by atoms with Gasteiger partial charge in [-0.15, -0.1) is 0 Å². The summed E-state index contributed by atoms with van der Waals surface area (Å²) in [4.78, 5) is 21.8. The molecule has 1 aliphatic heterocycles. The largest absolute Gasteiger partial charge is 0.474 e. The number of amides is 2. The number of likely N-dealkylation sites (tertiary alicyclic amines) is 1. The van der Waals surface area contributed by atoms with Crippen LogP contribution in [0.1, 0.15) is 18.4 Å². The number of carbonyl (C=O) groups is 1. The lowest BCUT2D eigenvalue weighted by molar-refractivity contribution is -0.136. The quantitative estimate of drug-likeness (QED) is 0.855. The highest BCUT2D eigenvalue weighted by molar-refractivity contribution is 5.90. The minimum Gasteiger partial charge on any atom is -0.474 e. The fourth-order valence-electron chi connectivity index (χ4n) is 2.87. The lowest BCUT2D eigenvalue weighted by atomic mass is 10.1. The molecule has 1 N–H and O–H groups in total. The smallest absolute Gasteiger partial charge is 0.418 e. The number of halogens is 3. The minimum absolute atomic E-state index is 0.161. The Hall–Kier alpha value is -3.04. The summed E-state index contributed by atoms with van der Waals surface area (Å²) in [6.07, 6.45) is -2.13. The van der Waals surface area contributed by atoms with E-state index >= 15 is 0 Å². The van der Waals surface area contributed by atoms with E-state index in [9.17, 15) is 18.0 Å². The van der Waals surface area contributed by atoms with Gasteiger partial charge in [0, 0.05) is 38.2 Å². The minimum atomic E-state index is -4.54. The van der Waals surface area contributed by atoms with Gasteiger partial charge in [-0.2, -0.15) is 18.2 Å². The fourth-order valence-corrected chi connectivity index (χ4v) is 2.87. The first kappa shape index (κ1) is 19.7.